The third-order valence-electron chi connectivity index (χ3n) is 2.94. The summed E-state index contributed by atoms with van der Waals surface area (Å²) in [7, 11) is 0. The van der Waals surface area contributed by atoms with Crippen molar-refractivity contribution in [3.8, 4) is 5.75 Å². The highest BCUT2D eigenvalue weighted by Gasteiger charge is 2.28. The Morgan fingerprint density at radius 2 is 1.90 bits per heavy atom. The summed E-state index contributed by atoms with van der Waals surface area (Å²) in [5, 5.41) is 9.35. The molecule has 1 atom stereocenters. The van der Waals surface area contributed by atoms with Crippen LogP contribution < -0.4 is 0 Å². The van der Waals surface area contributed by atoms with Crippen LogP contribution in [0.1, 0.15) is 45.7 Å². The first kappa shape index (κ1) is 17.0. The van der Waals surface area contributed by atoms with Crippen molar-refractivity contribution < 1.29 is 19.4 Å². The molecule has 1 rings (SSSR count). The van der Waals surface area contributed by atoms with E-state index in [0.29, 0.717) is 6.54 Å². The lowest BCUT2D eigenvalue weighted by Gasteiger charge is -2.32. The van der Waals surface area contributed by atoms with Crippen LogP contribution in [0.15, 0.2) is 24.3 Å². The number of benzene rings is 1. The van der Waals surface area contributed by atoms with Gasteiger partial charge < -0.3 is 19.5 Å². The topological polar surface area (TPSA) is 66.8 Å². The van der Waals surface area contributed by atoms with Crippen molar-refractivity contribution in [1.29, 1.82) is 0 Å². The Balaban J connectivity index is 3.02. The van der Waals surface area contributed by atoms with Gasteiger partial charge in [0.05, 0.1) is 6.04 Å². The Morgan fingerprint density at radius 1 is 1.33 bits per heavy atom. The minimum absolute atomic E-state index is 0.143. The summed E-state index contributed by atoms with van der Waals surface area (Å²) in [6.07, 6.45) is 0.507. The average molecular weight is 293 g/mol. The average Bonchev–Trinajstić information content (AvgIpc) is 2.37. The van der Waals surface area contributed by atoms with Crippen LogP contribution in [0.25, 0.3) is 0 Å². The zero-order valence-corrected chi connectivity index (χ0v) is 13.0. The van der Waals surface area contributed by atoms with E-state index in [1.807, 2.05) is 6.92 Å². The molecule has 5 nitrogen and oxygen atoms in total. The number of hydrogen-bond acceptors (Lipinski definition) is 4. The number of phenols is 1. The highest BCUT2D eigenvalue weighted by Crippen LogP contribution is 2.26. The molecule has 116 valence electrons. The van der Waals surface area contributed by atoms with Crippen LogP contribution in [0.3, 0.4) is 0 Å². The zero-order chi connectivity index (χ0) is 16.0. The van der Waals surface area contributed by atoms with Crippen molar-refractivity contribution in [2.75, 3.05) is 6.54 Å². The predicted octanol–water partition coefficient (Wildman–Crippen LogP) is 3.28. The fraction of sp³-hybridized carbons (Fsp3) is 0.500. The molecule has 1 amide bonds. The summed E-state index contributed by atoms with van der Waals surface area (Å²) < 4.78 is 5.38. The molecule has 21 heavy (non-hydrogen) atoms. The van der Waals surface area contributed by atoms with E-state index in [1.54, 1.807) is 32.9 Å². The molecule has 1 aromatic rings. The van der Waals surface area contributed by atoms with Gasteiger partial charge in [0.2, 0.25) is 0 Å². The molecular weight excluding hydrogens is 270 g/mol. The summed E-state index contributed by atoms with van der Waals surface area (Å²) in [5.41, 5.74) is 0.193. The Labute approximate surface area is 125 Å². The normalized spacial score (nSPS) is 12.6. The quantitative estimate of drug-likeness (QED) is 0.846. The van der Waals surface area contributed by atoms with Crippen LogP contribution in [-0.4, -0.2) is 34.5 Å². The second-order valence-corrected chi connectivity index (χ2v) is 5.78. The molecule has 0 fully saturated rings. The highest BCUT2D eigenvalue weighted by molar-refractivity contribution is 5.69. The molecule has 0 heterocycles. The van der Waals surface area contributed by atoms with Gasteiger partial charge in [0.1, 0.15) is 17.6 Å². The minimum atomic E-state index is -0.592. The molecule has 0 aliphatic heterocycles. The molecule has 1 unspecified atom stereocenters. The molecule has 5 heteroatoms. The van der Waals surface area contributed by atoms with E-state index in [-0.39, 0.29) is 12.2 Å². The number of carbonyl (C=O) groups excluding carboxylic acids is 2. The first-order valence-corrected chi connectivity index (χ1v) is 7.00. The number of nitrogens with zero attached hydrogens (tertiary/aromatic N) is 1. The molecular formula is C16H23NO4. The lowest BCUT2D eigenvalue weighted by atomic mass is 10.0. The molecule has 0 aliphatic carbocycles. The molecule has 0 saturated heterocycles. The molecule has 0 spiro atoms. The lowest BCUT2D eigenvalue weighted by Crippen LogP contribution is -2.39. The first-order chi connectivity index (χ1) is 9.78. The lowest BCUT2D eigenvalue weighted by molar-refractivity contribution is -0.108. The SMILES string of the molecule is CCN(C(=O)OC(C)(C)C)C(CC=O)c1ccc(O)cc1. The van der Waals surface area contributed by atoms with Crippen molar-refractivity contribution in [2.24, 2.45) is 0 Å². The van der Waals surface area contributed by atoms with Gasteiger partial charge in [0.25, 0.3) is 0 Å². The number of rotatable bonds is 5. The van der Waals surface area contributed by atoms with E-state index in [9.17, 15) is 14.7 Å². The number of aromatic hydroxyl groups is 1. The maximum absolute atomic E-state index is 12.3. The summed E-state index contributed by atoms with van der Waals surface area (Å²) in [6.45, 7) is 7.66. The maximum Gasteiger partial charge on any atom is 0.410 e. The summed E-state index contributed by atoms with van der Waals surface area (Å²) in [6, 6.07) is 6.09. The molecule has 1 aromatic carbocycles. The van der Waals surface area contributed by atoms with Crippen LogP contribution in [0.5, 0.6) is 5.75 Å². The smallest absolute Gasteiger partial charge is 0.410 e. The molecule has 1 N–H and O–H groups in total. The van der Waals surface area contributed by atoms with E-state index in [2.05, 4.69) is 0 Å². The van der Waals surface area contributed by atoms with Crippen LogP contribution in [0, 0.1) is 0 Å². The van der Waals surface area contributed by atoms with Gasteiger partial charge in [-0.1, -0.05) is 12.1 Å². The number of phenolic OH excluding ortho intramolecular Hbond substituents is 1. The van der Waals surface area contributed by atoms with E-state index in [0.717, 1.165) is 11.8 Å². The van der Waals surface area contributed by atoms with E-state index in [1.165, 1.54) is 17.0 Å². The molecule has 0 saturated carbocycles. The minimum Gasteiger partial charge on any atom is -0.508 e. The second-order valence-electron chi connectivity index (χ2n) is 5.78. The van der Waals surface area contributed by atoms with Gasteiger partial charge in [0, 0.05) is 13.0 Å². The third-order valence-corrected chi connectivity index (χ3v) is 2.94. The van der Waals surface area contributed by atoms with Gasteiger partial charge in [-0.3, -0.25) is 0 Å². The second kappa shape index (κ2) is 7.11. The largest absolute Gasteiger partial charge is 0.508 e. The Morgan fingerprint density at radius 3 is 2.33 bits per heavy atom. The number of ether oxygens (including phenoxy) is 1. The number of amides is 1. The summed E-state index contributed by atoms with van der Waals surface area (Å²) in [4.78, 5) is 24.8. The van der Waals surface area contributed by atoms with Crippen LogP contribution in [0.2, 0.25) is 0 Å². The molecule has 0 bridgehead atoms. The maximum atomic E-state index is 12.3. The highest BCUT2D eigenvalue weighted by atomic mass is 16.6. The summed E-state index contributed by atoms with van der Waals surface area (Å²) >= 11 is 0. The van der Waals surface area contributed by atoms with Gasteiger partial charge in [-0.25, -0.2) is 4.79 Å². The van der Waals surface area contributed by atoms with Crippen LogP contribution in [-0.2, 0) is 9.53 Å². The number of hydrogen-bond donors (Lipinski definition) is 1. The first-order valence-electron chi connectivity index (χ1n) is 7.00. The van der Waals surface area contributed by atoms with Gasteiger partial charge in [-0.15, -0.1) is 0 Å². The Bertz CT molecular complexity index is 476. The van der Waals surface area contributed by atoms with Crippen molar-refractivity contribution in [3.63, 3.8) is 0 Å². The Kier molecular flexibility index (Phi) is 5.76. The van der Waals surface area contributed by atoms with Gasteiger partial charge in [-0.05, 0) is 45.4 Å². The molecule has 0 aromatic heterocycles. The fourth-order valence-corrected chi connectivity index (χ4v) is 2.03. The van der Waals surface area contributed by atoms with Gasteiger partial charge >= 0.3 is 6.09 Å². The fourth-order valence-electron chi connectivity index (χ4n) is 2.03. The molecule has 0 aliphatic rings. The van der Waals surface area contributed by atoms with E-state index in [4.69, 9.17) is 4.74 Å². The number of aldehydes is 1. The van der Waals surface area contributed by atoms with Crippen molar-refractivity contribution in [3.05, 3.63) is 29.8 Å². The van der Waals surface area contributed by atoms with E-state index >= 15 is 0 Å². The van der Waals surface area contributed by atoms with Crippen LogP contribution in [0.4, 0.5) is 4.79 Å². The van der Waals surface area contributed by atoms with Crippen LogP contribution >= 0.6 is 0 Å². The van der Waals surface area contributed by atoms with Gasteiger partial charge in [0.15, 0.2) is 0 Å². The van der Waals surface area contributed by atoms with E-state index < -0.39 is 17.7 Å². The van der Waals surface area contributed by atoms with Crippen molar-refractivity contribution >= 4 is 12.4 Å². The number of carbonyl (C=O) groups is 2. The van der Waals surface area contributed by atoms with Crippen molar-refractivity contribution in [1.82, 2.24) is 4.90 Å². The Hall–Kier alpha value is -2.04. The summed E-state index contributed by atoms with van der Waals surface area (Å²) in [5.74, 6) is 0.143. The predicted molar refractivity (Wildman–Crippen MR) is 80.1 cm³/mol. The monoisotopic (exact) mass is 293 g/mol. The third kappa shape index (κ3) is 5.10. The van der Waals surface area contributed by atoms with Crippen molar-refractivity contribution in [2.45, 2.75) is 45.8 Å². The van der Waals surface area contributed by atoms with Gasteiger partial charge in [-0.2, -0.15) is 0 Å². The standard InChI is InChI=1S/C16H23NO4/c1-5-17(15(20)21-16(2,3)4)14(10-11-18)12-6-8-13(19)9-7-12/h6-9,11,14,19H,5,10H2,1-4H3. The molecule has 0 radical (unpaired) electrons. The zero-order valence-electron chi connectivity index (χ0n) is 13.0.